The smallest absolute Gasteiger partial charge is 0.435 e. The maximum atomic E-state index is 13.1. The Bertz CT molecular complexity index is 752. The number of aromatic nitrogens is 2. The third-order valence-corrected chi connectivity index (χ3v) is 3.86. The van der Waals surface area contributed by atoms with Crippen molar-refractivity contribution in [2.24, 2.45) is 0 Å². The standard InChI is InChI=1S/C14H13F3N2O4S/c1-3-22-12(20)10-6-5-9(24-10)8-7-11(14(15,16)17)19(18-8)13(21)23-4-2/h5-7H,3-4H2,1-2H3. The molecule has 0 bridgehead atoms. The minimum Gasteiger partial charge on any atom is -0.462 e. The molecular formula is C14H13F3N2O4S. The second kappa shape index (κ2) is 7.04. The quantitative estimate of drug-likeness (QED) is 0.774. The first kappa shape index (κ1) is 18.0. The Balaban J connectivity index is 2.41. The lowest BCUT2D eigenvalue weighted by Crippen LogP contribution is -2.22. The molecule has 0 fully saturated rings. The van der Waals surface area contributed by atoms with Crippen molar-refractivity contribution >= 4 is 23.4 Å². The predicted molar refractivity (Wildman–Crippen MR) is 78.9 cm³/mol. The van der Waals surface area contributed by atoms with Crippen LogP contribution < -0.4 is 0 Å². The summed E-state index contributed by atoms with van der Waals surface area (Å²) in [5.41, 5.74) is -1.34. The number of carbonyl (C=O) groups excluding carboxylic acids is 2. The molecule has 0 aliphatic rings. The van der Waals surface area contributed by atoms with Crippen molar-refractivity contribution in [1.82, 2.24) is 9.78 Å². The third-order valence-electron chi connectivity index (χ3n) is 2.78. The minimum atomic E-state index is -4.78. The molecule has 2 aromatic rings. The lowest BCUT2D eigenvalue weighted by atomic mass is 10.3. The molecule has 0 atom stereocenters. The molecule has 10 heteroatoms. The number of hydrogen-bond donors (Lipinski definition) is 0. The lowest BCUT2D eigenvalue weighted by Gasteiger charge is -2.08. The molecule has 0 radical (unpaired) electrons. The van der Waals surface area contributed by atoms with Gasteiger partial charge in [-0.05, 0) is 32.0 Å². The van der Waals surface area contributed by atoms with E-state index in [1.54, 1.807) is 6.92 Å². The van der Waals surface area contributed by atoms with Gasteiger partial charge in [-0.25, -0.2) is 9.59 Å². The molecule has 24 heavy (non-hydrogen) atoms. The van der Waals surface area contributed by atoms with Gasteiger partial charge in [-0.15, -0.1) is 11.3 Å². The Kier molecular flexibility index (Phi) is 5.27. The summed E-state index contributed by atoms with van der Waals surface area (Å²) in [6.45, 7) is 3.21. The summed E-state index contributed by atoms with van der Waals surface area (Å²) in [6.07, 6.45) is -6.00. The first-order valence-electron chi connectivity index (χ1n) is 6.89. The van der Waals surface area contributed by atoms with Crippen LogP contribution in [0.15, 0.2) is 18.2 Å². The highest BCUT2D eigenvalue weighted by atomic mass is 32.1. The highest BCUT2D eigenvalue weighted by Crippen LogP contribution is 2.34. The Labute approximate surface area is 138 Å². The Morgan fingerprint density at radius 1 is 1.21 bits per heavy atom. The van der Waals surface area contributed by atoms with Crippen LogP contribution >= 0.6 is 11.3 Å². The van der Waals surface area contributed by atoms with E-state index in [4.69, 9.17) is 4.74 Å². The minimum absolute atomic E-state index is 0.0860. The number of carbonyl (C=O) groups is 2. The van der Waals surface area contributed by atoms with E-state index < -0.39 is 23.9 Å². The summed E-state index contributed by atoms with van der Waals surface area (Å²) in [6, 6.07) is 3.60. The van der Waals surface area contributed by atoms with Crippen molar-refractivity contribution < 1.29 is 32.2 Å². The van der Waals surface area contributed by atoms with Crippen LogP contribution in [0.1, 0.15) is 29.2 Å². The van der Waals surface area contributed by atoms with Gasteiger partial charge < -0.3 is 9.47 Å². The van der Waals surface area contributed by atoms with Crippen molar-refractivity contribution in [3.05, 3.63) is 28.8 Å². The monoisotopic (exact) mass is 362 g/mol. The maximum absolute atomic E-state index is 13.1. The molecule has 2 heterocycles. The van der Waals surface area contributed by atoms with Crippen molar-refractivity contribution in [2.45, 2.75) is 20.0 Å². The molecule has 130 valence electrons. The van der Waals surface area contributed by atoms with E-state index in [2.05, 4.69) is 9.84 Å². The van der Waals surface area contributed by atoms with Crippen molar-refractivity contribution in [3.63, 3.8) is 0 Å². The number of hydrogen-bond acceptors (Lipinski definition) is 6. The fraction of sp³-hybridized carbons (Fsp3) is 0.357. The van der Waals surface area contributed by atoms with Crippen LogP contribution in [-0.2, 0) is 15.7 Å². The molecule has 0 aliphatic heterocycles. The summed E-state index contributed by atoms with van der Waals surface area (Å²) in [5.74, 6) is -0.574. The second-order valence-electron chi connectivity index (χ2n) is 4.41. The van der Waals surface area contributed by atoms with Gasteiger partial charge in [0.15, 0.2) is 5.69 Å². The van der Waals surface area contributed by atoms with Gasteiger partial charge in [-0.1, -0.05) is 0 Å². The first-order chi connectivity index (χ1) is 11.3. The topological polar surface area (TPSA) is 70.4 Å². The zero-order valence-corrected chi connectivity index (χ0v) is 13.5. The number of alkyl halides is 3. The summed E-state index contributed by atoms with van der Waals surface area (Å²) >= 11 is 0.922. The third kappa shape index (κ3) is 3.75. The summed E-state index contributed by atoms with van der Waals surface area (Å²) in [4.78, 5) is 23.8. The average molecular weight is 362 g/mol. The van der Waals surface area contributed by atoms with Gasteiger partial charge in [0.25, 0.3) is 0 Å². The fourth-order valence-corrected chi connectivity index (χ4v) is 2.67. The number of thiophene rings is 1. The fourth-order valence-electron chi connectivity index (χ4n) is 1.81. The van der Waals surface area contributed by atoms with Crippen LogP contribution in [0.3, 0.4) is 0 Å². The molecule has 0 aromatic carbocycles. The van der Waals surface area contributed by atoms with Gasteiger partial charge in [0, 0.05) is 0 Å². The van der Waals surface area contributed by atoms with Crippen molar-refractivity contribution in [2.75, 3.05) is 13.2 Å². The largest absolute Gasteiger partial charge is 0.462 e. The zero-order valence-electron chi connectivity index (χ0n) is 12.7. The van der Waals surface area contributed by atoms with E-state index in [0.29, 0.717) is 4.88 Å². The maximum Gasteiger partial charge on any atom is 0.435 e. The number of ether oxygens (including phenoxy) is 2. The molecule has 6 nitrogen and oxygen atoms in total. The first-order valence-corrected chi connectivity index (χ1v) is 7.71. The Hall–Kier alpha value is -2.36. The second-order valence-corrected chi connectivity index (χ2v) is 5.49. The van der Waals surface area contributed by atoms with Crippen LogP contribution in [0, 0.1) is 0 Å². The molecule has 2 rings (SSSR count). The number of halogens is 3. The molecule has 0 N–H and O–H groups in total. The SMILES string of the molecule is CCOC(=O)c1ccc(-c2cc(C(F)(F)F)n(C(=O)OCC)n2)s1. The summed E-state index contributed by atoms with van der Waals surface area (Å²) in [5, 5.41) is 3.66. The summed E-state index contributed by atoms with van der Waals surface area (Å²) < 4.78 is 48.8. The van der Waals surface area contributed by atoms with Gasteiger partial charge >= 0.3 is 18.2 Å². The van der Waals surface area contributed by atoms with Gasteiger partial charge in [0.05, 0.1) is 18.1 Å². The molecule has 0 saturated carbocycles. The van der Waals surface area contributed by atoms with E-state index in [1.807, 2.05) is 0 Å². The highest BCUT2D eigenvalue weighted by molar-refractivity contribution is 7.17. The highest BCUT2D eigenvalue weighted by Gasteiger charge is 2.38. The van der Waals surface area contributed by atoms with Crippen molar-refractivity contribution in [1.29, 1.82) is 0 Å². The average Bonchev–Trinajstić information content (AvgIpc) is 3.14. The van der Waals surface area contributed by atoms with Crippen molar-refractivity contribution in [3.8, 4) is 10.6 Å². The van der Waals surface area contributed by atoms with Crippen LogP contribution in [0.5, 0.6) is 0 Å². The van der Waals surface area contributed by atoms with Crippen LogP contribution in [0.4, 0.5) is 18.0 Å². The van der Waals surface area contributed by atoms with Gasteiger partial charge in [-0.3, -0.25) is 0 Å². The lowest BCUT2D eigenvalue weighted by molar-refractivity contribution is -0.143. The van der Waals surface area contributed by atoms with Gasteiger partial charge in [-0.2, -0.15) is 23.0 Å². The Morgan fingerprint density at radius 3 is 2.46 bits per heavy atom. The molecule has 0 saturated heterocycles. The molecular weight excluding hydrogens is 349 g/mol. The van der Waals surface area contributed by atoms with E-state index >= 15 is 0 Å². The van der Waals surface area contributed by atoms with Gasteiger partial charge in [0.2, 0.25) is 0 Å². The van der Waals surface area contributed by atoms with E-state index in [0.717, 1.165) is 17.4 Å². The summed E-state index contributed by atoms with van der Waals surface area (Å²) in [7, 11) is 0. The van der Waals surface area contributed by atoms with E-state index in [9.17, 15) is 22.8 Å². The van der Waals surface area contributed by atoms with E-state index in [1.165, 1.54) is 19.1 Å². The number of nitrogens with zero attached hydrogens (tertiary/aromatic N) is 2. The predicted octanol–water partition coefficient (Wildman–Crippen LogP) is 3.81. The van der Waals surface area contributed by atoms with Crippen LogP contribution in [0.2, 0.25) is 0 Å². The van der Waals surface area contributed by atoms with E-state index in [-0.39, 0.29) is 28.5 Å². The van der Waals surface area contributed by atoms with Gasteiger partial charge in [0.1, 0.15) is 10.6 Å². The molecule has 2 aromatic heterocycles. The molecule has 0 unspecified atom stereocenters. The molecule has 0 spiro atoms. The Morgan fingerprint density at radius 2 is 1.88 bits per heavy atom. The van der Waals surface area contributed by atoms with Crippen LogP contribution in [-0.4, -0.2) is 35.1 Å². The molecule has 0 amide bonds. The molecule has 0 aliphatic carbocycles. The number of rotatable bonds is 4. The zero-order chi connectivity index (χ0) is 17.9. The number of esters is 1. The normalized spacial score (nSPS) is 11.4. The van der Waals surface area contributed by atoms with Crippen LogP contribution in [0.25, 0.3) is 10.6 Å².